The molecule has 1 atom stereocenters. The van der Waals surface area contributed by atoms with Crippen LogP contribution >= 0.6 is 24.0 Å². The van der Waals surface area contributed by atoms with E-state index in [1.807, 2.05) is 20.8 Å². The second-order valence-corrected chi connectivity index (χ2v) is 9.71. The monoisotopic (exact) mass is 548 g/mol. The molecule has 1 N–H and O–H groups in total. The van der Waals surface area contributed by atoms with Gasteiger partial charge in [0.15, 0.2) is 5.96 Å². The van der Waals surface area contributed by atoms with E-state index in [4.69, 9.17) is 9.47 Å². The van der Waals surface area contributed by atoms with Gasteiger partial charge in [-0.2, -0.15) is 4.31 Å². The molecule has 10 heteroatoms. The van der Waals surface area contributed by atoms with Gasteiger partial charge in [-0.05, 0) is 33.1 Å². The number of halogens is 1. The molecule has 0 radical (unpaired) electrons. The molecule has 0 amide bonds. The van der Waals surface area contributed by atoms with Crippen molar-refractivity contribution in [2.75, 3.05) is 58.7 Å². The number of ether oxygens (including phenoxy) is 2. The van der Waals surface area contributed by atoms with E-state index in [9.17, 15) is 8.42 Å². The van der Waals surface area contributed by atoms with Crippen molar-refractivity contribution in [1.29, 1.82) is 0 Å². The minimum absolute atomic E-state index is 0. The molecule has 0 bridgehead atoms. The first kappa shape index (κ1) is 28.8. The molecule has 1 rings (SSSR count). The molecule has 0 aromatic carbocycles. The van der Waals surface area contributed by atoms with Crippen molar-refractivity contribution in [1.82, 2.24) is 14.5 Å². The van der Waals surface area contributed by atoms with Crippen LogP contribution in [0.2, 0.25) is 0 Å². The maximum Gasteiger partial charge on any atom is 0.216 e. The van der Waals surface area contributed by atoms with Crippen molar-refractivity contribution in [2.24, 2.45) is 10.9 Å². The molecule has 1 fully saturated rings. The van der Waals surface area contributed by atoms with Crippen LogP contribution in [0.5, 0.6) is 0 Å². The molecule has 0 aliphatic carbocycles. The molecule has 0 spiro atoms. The lowest BCUT2D eigenvalue weighted by molar-refractivity contribution is 0.0257. The third kappa shape index (κ3) is 10.6. The van der Waals surface area contributed by atoms with Crippen molar-refractivity contribution >= 4 is 40.0 Å². The van der Waals surface area contributed by atoms with Crippen LogP contribution in [0.3, 0.4) is 0 Å². The number of aliphatic imine (C=N–C) groups is 1. The standard InChI is InChI=1S/C19H40N4O4S.HI/c1-7-26-18(16(2)3)8-9-21-19(20-6)22-10-12-23(13-11-22)28(24,25)15-14-27-17(4)5;/h16-18H,7-15H2,1-6H3,(H,20,21);1H. The molecule has 174 valence electrons. The van der Waals surface area contributed by atoms with Crippen LogP contribution in [0.25, 0.3) is 0 Å². The fourth-order valence-electron chi connectivity index (χ4n) is 3.18. The number of guanidine groups is 1. The summed E-state index contributed by atoms with van der Waals surface area (Å²) in [6, 6.07) is 0. The van der Waals surface area contributed by atoms with Crippen LogP contribution in [-0.4, -0.2) is 94.5 Å². The largest absolute Gasteiger partial charge is 0.378 e. The zero-order valence-corrected chi connectivity index (χ0v) is 22.0. The first-order chi connectivity index (χ1) is 13.2. The summed E-state index contributed by atoms with van der Waals surface area (Å²) < 4.78 is 37.6. The first-order valence-electron chi connectivity index (χ1n) is 10.4. The third-order valence-corrected chi connectivity index (χ3v) is 6.61. The lowest BCUT2D eigenvalue weighted by Gasteiger charge is -2.36. The molecule has 29 heavy (non-hydrogen) atoms. The highest BCUT2D eigenvalue weighted by Crippen LogP contribution is 2.11. The van der Waals surface area contributed by atoms with Gasteiger partial charge < -0.3 is 19.7 Å². The van der Waals surface area contributed by atoms with E-state index in [2.05, 4.69) is 29.1 Å². The summed E-state index contributed by atoms with van der Waals surface area (Å²) in [4.78, 5) is 6.47. The van der Waals surface area contributed by atoms with Gasteiger partial charge in [0.05, 0.1) is 24.6 Å². The Kier molecular flexibility index (Phi) is 14.7. The smallest absolute Gasteiger partial charge is 0.216 e. The Hall–Kier alpha value is -0.170. The zero-order valence-electron chi connectivity index (χ0n) is 18.9. The van der Waals surface area contributed by atoms with Crippen molar-refractivity contribution in [3.05, 3.63) is 0 Å². The van der Waals surface area contributed by atoms with Crippen LogP contribution in [0.4, 0.5) is 0 Å². The van der Waals surface area contributed by atoms with E-state index in [0.29, 0.717) is 32.1 Å². The fraction of sp³-hybridized carbons (Fsp3) is 0.947. The molecule has 1 aliphatic heterocycles. The van der Waals surface area contributed by atoms with Gasteiger partial charge in [0.2, 0.25) is 10.0 Å². The van der Waals surface area contributed by atoms with Crippen LogP contribution < -0.4 is 5.32 Å². The van der Waals surface area contributed by atoms with E-state index in [1.165, 1.54) is 0 Å². The molecule has 0 saturated carbocycles. The summed E-state index contributed by atoms with van der Waals surface area (Å²) in [6.45, 7) is 14.1. The number of hydrogen-bond acceptors (Lipinski definition) is 5. The summed E-state index contributed by atoms with van der Waals surface area (Å²) in [5.41, 5.74) is 0. The number of piperazine rings is 1. The lowest BCUT2D eigenvalue weighted by Crippen LogP contribution is -2.54. The summed E-state index contributed by atoms with van der Waals surface area (Å²) in [5, 5.41) is 3.39. The highest BCUT2D eigenvalue weighted by Gasteiger charge is 2.28. The molecule has 8 nitrogen and oxygen atoms in total. The Morgan fingerprint density at radius 3 is 2.21 bits per heavy atom. The maximum absolute atomic E-state index is 12.5. The third-order valence-electron chi connectivity index (χ3n) is 4.77. The topological polar surface area (TPSA) is 83.5 Å². The van der Waals surface area contributed by atoms with Gasteiger partial charge in [0.25, 0.3) is 0 Å². The van der Waals surface area contributed by atoms with Crippen molar-refractivity contribution < 1.29 is 17.9 Å². The van der Waals surface area contributed by atoms with Crippen LogP contribution in [-0.2, 0) is 19.5 Å². The highest BCUT2D eigenvalue weighted by molar-refractivity contribution is 14.0. The van der Waals surface area contributed by atoms with E-state index < -0.39 is 10.0 Å². The Balaban J connectivity index is 0.00000784. The molecule has 1 heterocycles. The Labute approximate surface area is 194 Å². The lowest BCUT2D eigenvalue weighted by atomic mass is 10.0. The number of hydrogen-bond donors (Lipinski definition) is 1. The van der Waals surface area contributed by atoms with E-state index in [1.54, 1.807) is 11.4 Å². The Morgan fingerprint density at radius 1 is 1.10 bits per heavy atom. The summed E-state index contributed by atoms with van der Waals surface area (Å²) in [5.74, 6) is 1.32. The highest BCUT2D eigenvalue weighted by atomic mass is 127. The minimum atomic E-state index is -3.27. The van der Waals surface area contributed by atoms with Gasteiger partial charge in [0, 0.05) is 46.4 Å². The first-order valence-corrected chi connectivity index (χ1v) is 12.0. The minimum Gasteiger partial charge on any atom is -0.378 e. The van der Waals surface area contributed by atoms with E-state index in [0.717, 1.165) is 25.5 Å². The fourth-order valence-corrected chi connectivity index (χ4v) is 4.46. The Morgan fingerprint density at radius 2 is 1.72 bits per heavy atom. The number of sulfonamides is 1. The molecular weight excluding hydrogens is 507 g/mol. The van der Waals surface area contributed by atoms with Crippen LogP contribution in [0.15, 0.2) is 4.99 Å². The second kappa shape index (κ2) is 14.8. The van der Waals surface area contributed by atoms with Gasteiger partial charge in [-0.1, -0.05) is 13.8 Å². The van der Waals surface area contributed by atoms with Crippen LogP contribution in [0, 0.1) is 5.92 Å². The SMILES string of the molecule is CCOC(CCNC(=NC)N1CCN(S(=O)(=O)CCOC(C)C)CC1)C(C)C.I. The summed E-state index contributed by atoms with van der Waals surface area (Å²) in [7, 11) is -1.51. The average Bonchev–Trinajstić information content (AvgIpc) is 2.64. The molecule has 1 aliphatic rings. The predicted octanol–water partition coefficient (Wildman–Crippen LogP) is 2.00. The second-order valence-electron chi connectivity index (χ2n) is 7.62. The summed E-state index contributed by atoms with van der Waals surface area (Å²) in [6.07, 6.45) is 1.18. The van der Waals surface area contributed by atoms with Crippen molar-refractivity contribution in [3.63, 3.8) is 0 Å². The van der Waals surface area contributed by atoms with Crippen molar-refractivity contribution in [2.45, 2.75) is 53.2 Å². The zero-order chi connectivity index (χ0) is 21.2. The van der Waals surface area contributed by atoms with Gasteiger partial charge >= 0.3 is 0 Å². The van der Waals surface area contributed by atoms with E-state index >= 15 is 0 Å². The molecule has 1 unspecified atom stereocenters. The number of nitrogens with one attached hydrogen (secondary N) is 1. The van der Waals surface area contributed by atoms with Crippen molar-refractivity contribution in [3.8, 4) is 0 Å². The maximum atomic E-state index is 12.5. The molecule has 0 aromatic rings. The number of rotatable bonds is 11. The van der Waals surface area contributed by atoms with Crippen LogP contribution in [0.1, 0.15) is 41.0 Å². The van der Waals surface area contributed by atoms with Gasteiger partial charge in [-0.15, -0.1) is 24.0 Å². The summed E-state index contributed by atoms with van der Waals surface area (Å²) >= 11 is 0. The quantitative estimate of drug-likeness (QED) is 0.242. The predicted molar refractivity (Wildman–Crippen MR) is 130 cm³/mol. The molecule has 1 saturated heterocycles. The normalized spacial score (nSPS) is 17.5. The van der Waals surface area contributed by atoms with Gasteiger partial charge in [0.1, 0.15) is 0 Å². The molecular formula is C19H41IN4O4S. The van der Waals surface area contributed by atoms with Gasteiger partial charge in [-0.25, -0.2) is 8.42 Å². The Bertz CT molecular complexity index is 565. The molecule has 0 aromatic heterocycles. The number of nitrogens with zero attached hydrogens (tertiary/aromatic N) is 3. The van der Waals surface area contributed by atoms with E-state index in [-0.39, 0.29) is 48.5 Å². The average molecular weight is 549 g/mol. The van der Waals surface area contributed by atoms with Gasteiger partial charge in [-0.3, -0.25) is 4.99 Å².